The molecule has 5 nitrogen and oxygen atoms in total. The third-order valence-corrected chi connectivity index (χ3v) is 2.24. The van der Waals surface area contributed by atoms with E-state index in [0.29, 0.717) is 6.61 Å². The second-order valence-electron chi connectivity index (χ2n) is 4.55. The molecule has 0 spiro atoms. The Morgan fingerprint density at radius 2 is 2.12 bits per heavy atom. The molecule has 0 saturated carbocycles. The predicted octanol–water partition coefficient (Wildman–Crippen LogP) is 1.22. The van der Waals surface area contributed by atoms with E-state index in [1.165, 1.54) is 6.92 Å². The number of carbonyl (C=O) groups excluding carboxylic acids is 2. The number of ether oxygens (including phenoxy) is 3. The molecule has 1 heterocycles. The Labute approximate surface area is 101 Å². The van der Waals surface area contributed by atoms with Gasteiger partial charge in [-0.15, -0.1) is 0 Å². The van der Waals surface area contributed by atoms with Crippen LogP contribution < -0.4 is 0 Å². The average molecular weight is 242 g/mol. The van der Waals surface area contributed by atoms with Gasteiger partial charge in [-0.3, -0.25) is 4.79 Å². The normalized spacial score (nSPS) is 22.2. The molecule has 0 aliphatic carbocycles. The topological polar surface area (TPSA) is 61.8 Å². The second-order valence-corrected chi connectivity index (χ2v) is 4.55. The van der Waals surface area contributed by atoms with Gasteiger partial charge >= 0.3 is 5.97 Å². The summed E-state index contributed by atoms with van der Waals surface area (Å²) >= 11 is 0. The maximum Gasteiger partial charge on any atom is 0.333 e. The van der Waals surface area contributed by atoms with Crippen molar-refractivity contribution in [3.8, 4) is 0 Å². The molecule has 0 N–H and O–H groups in total. The zero-order valence-corrected chi connectivity index (χ0v) is 10.4. The van der Waals surface area contributed by atoms with Crippen LogP contribution in [0.4, 0.5) is 0 Å². The predicted molar refractivity (Wildman–Crippen MR) is 60.3 cm³/mol. The number of rotatable bonds is 5. The summed E-state index contributed by atoms with van der Waals surface area (Å²) in [5.41, 5.74) is 0.277. The molecule has 0 radical (unpaired) electrons. The van der Waals surface area contributed by atoms with Gasteiger partial charge in [-0.25, -0.2) is 4.79 Å². The minimum Gasteiger partial charge on any atom is -0.454 e. The second kappa shape index (κ2) is 5.42. The van der Waals surface area contributed by atoms with Crippen LogP contribution in [0, 0.1) is 0 Å². The fourth-order valence-electron chi connectivity index (χ4n) is 1.45. The highest BCUT2D eigenvalue weighted by Gasteiger charge is 2.33. The van der Waals surface area contributed by atoms with Gasteiger partial charge in [0.1, 0.15) is 6.61 Å². The summed E-state index contributed by atoms with van der Waals surface area (Å²) in [6.45, 7) is 8.67. The van der Waals surface area contributed by atoms with Gasteiger partial charge < -0.3 is 14.2 Å². The highest BCUT2D eigenvalue weighted by molar-refractivity contribution is 5.89. The Balaban J connectivity index is 2.27. The van der Waals surface area contributed by atoms with Crippen LogP contribution in [0.3, 0.4) is 0 Å². The van der Waals surface area contributed by atoms with Crippen molar-refractivity contribution in [1.29, 1.82) is 0 Å². The number of Topliss-reactive ketones (excluding diaryl/α,β-unsaturated/α-hetero) is 1. The largest absolute Gasteiger partial charge is 0.454 e. The Kier molecular flexibility index (Phi) is 4.42. The summed E-state index contributed by atoms with van der Waals surface area (Å²) in [5, 5.41) is 0. The Morgan fingerprint density at radius 3 is 2.59 bits per heavy atom. The lowest BCUT2D eigenvalue weighted by molar-refractivity contribution is -0.149. The van der Waals surface area contributed by atoms with E-state index < -0.39 is 11.8 Å². The first-order valence-corrected chi connectivity index (χ1v) is 5.46. The molecule has 0 aromatic heterocycles. The van der Waals surface area contributed by atoms with Gasteiger partial charge in [-0.05, 0) is 20.8 Å². The zero-order valence-electron chi connectivity index (χ0n) is 10.4. The minimum atomic E-state index is -0.640. The first-order valence-electron chi connectivity index (χ1n) is 5.46. The smallest absolute Gasteiger partial charge is 0.333 e. The van der Waals surface area contributed by atoms with Crippen LogP contribution >= 0.6 is 0 Å². The van der Waals surface area contributed by atoms with Crippen molar-refractivity contribution in [2.24, 2.45) is 0 Å². The number of ketones is 1. The Hall–Kier alpha value is -1.20. The van der Waals surface area contributed by atoms with E-state index in [9.17, 15) is 9.59 Å². The van der Waals surface area contributed by atoms with E-state index in [1.54, 1.807) is 13.8 Å². The van der Waals surface area contributed by atoms with Gasteiger partial charge in [0.2, 0.25) is 0 Å². The van der Waals surface area contributed by atoms with E-state index in [2.05, 4.69) is 6.58 Å². The summed E-state index contributed by atoms with van der Waals surface area (Å²) in [5.74, 6) is -1.38. The van der Waals surface area contributed by atoms with Crippen molar-refractivity contribution in [1.82, 2.24) is 0 Å². The van der Waals surface area contributed by atoms with Crippen LogP contribution in [0.2, 0.25) is 0 Å². The van der Waals surface area contributed by atoms with Crippen LogP contribution in [0.5, 0.6) is 0 Å². The fraction of sp³-hybridized carbons (Fsp3) is 0.667. The van der Waals surface area contributed by atoms with Crippen molar-refractivity contribution in [3.05, 3.63) is 12.2 Å². The van der Waals surface area contributed by atoms with Gasteiger partial charge in [0.25, 0.3) is 0 Å². The molecule has 0 bridgehead atoms. The molecule has 0 aromatic carbocycles. The Morgan fingerprint density at radius 1 is 1.47 bits per heavy atom. The molecule has 17 heavy (non-hydrogen) atoms. The molecular weight excluding hydrogens is 224 g/mol. The molecule has 1 aliphatic heterocycles. The van der Waals surface area contributed by atoms with E-state index in [0.717, 1.165) is 0 Å². The molecule has 1 atom stereocenters. The molecule has 0 aromatic rings. The lowest BCUT2D eigenvalue weighted by Gasteiger charge is -2.16. The van der Waals surface area contributed by atoms with E-state index in [4.69, 9.17) is 14.2 Å². The van der Waals surface area contributed by atoms with E-state index in [-0.39, 0.29) is 30.5 Å². The summed E-state index contributed by atoms with van der Waals surface area (Å²) < 4.78 is 15.5. The third-order valence-electron chi connectivity index (χ3n) is 2.24. The monoisotopic (exact) mass is 242 g/mol. The molecule has 0 amide bonds. The fourth-order valence-corrected chi connectivity index (χ4v) is 1.45. The van der Waals surface area contributed by atoms with Gasteiger partial charge in [-0.2, -0.15) is 0 Å². The summed E-state index contributed by atoms with van der Waals surface area (Å²) in [6.07, 6.45) is -0.0755. The maximum absolute atomic E-state index is 11.5. The quantitative estimate of drug-likeness (QED) is 0.535. The van der Waals surface area contributed by atoms with Crippen LogP contribution in [0.15, 0.2) is 12.2 Å². The van der Waals surface area contributed by atoms with Crippen molar-refractivity contribution in [2.45, 2.75) is 39.1 Å². The lowest BCUT2D eigenvalue weighted by Crippen LogP contribution is -2.24. The molecule has 1 rings (SSSR count). The highest BCUT2D eigenvalue weighted by Crippen LogP contribution is 2.24. The highest BCUT2D eigenvalue weighted by atomic mass is 16.7. The summed E-state index contributed by atoms with van der Waals surface area (Å²) in [4.78, 5) is 22.6. The van der Waals surface area contributed by atoms with Crippen molar-refractivity contribution in [2.75, 3.05) is 13.2 Å². The first kappa shape index (κ1) is 13.9. The molecule has 1 aliphatic rings. The summed E-state index contributed by atoms with van der Waals surface area (Å²) in [7, 11) is 0. The molecule has 96 valence electrons. The number of esters is 1. The zero-order chi connectivity index (χ0) is 13.1. The summed E-state index contributed by atoms with van der Waals surface area (Å²) in [6, 6.07) is 0. The van der Waals surface area contributed by atoms with E-state index >= 15 is 0 Å². The lowest BCUT2D eigenvalue weighted by atomic mass is 10.2. The first-order chi connectivity index (χ1) is 7.80. The van der Waals surface area contributed by atoms with Crippen molar-refractivity contribution >= 4 is 11.8 Å². The van der Waals surface area contributed by atoms with Crippen molar-refractivity contribution in [3.63, 3.8) is 0 Å². The van der Waals surface area contributed by atoms with Crippen LogP contribution in [-0.2, 0) is 23.8 Å². The maximum atomic E-state index is 11.5. The average Bonchev–Trinajstić information content (AvgIpc) is 2.54. The molecule has 1 unspecified atom stereocenters. The SMILES string of the molecule is C=C(C)C(=O)OCC(=O)CC1COC(C)(C)O1. The van der Waals surface area contributed by atoms with Gasteiger partial charge in [0, 0.05) is 12.0 Å². The standard InChI is InChI=1S/C12H18O5/c1-8(2)11(14)15-6-9(13)5-10-7-16-12(3,4)17-10/h10H,1,5-7H2,2-4H3. The number of hydrogen-bond donors (Lipinski definition) is 0. The number of hydrogen-bond acceptors (Lipinski definition) is 5. The van der Waals surface area contributed by atoms with Gasteiger partial charge in [0.05, 0.1) is 12.7 Å². The van der Waals surface area contributed by atoms with E-state index in [1.807, 2.05) is 0 Å². The van der Waals surface area contributed by atoms with Crippen molar-refractivity contribution < 1.29 is 23.8 Å². The minimum absolute atomic E-state index is 0.187. The van der Waals surface area contributed by atoms with Gasteiger partial charge in [0.15, 0.2) is 11.6 Å². The Bertz CT molecular complexity index is 332. The van der Waals surface area contributed by atoms with Crippen LogP contribution in [-0.4, -0.2) is 36.9 Å². The van der Waals surface area contributed by atoms with Crippen LogP contribution in [0.1, 0.15) is 27.2 Å². The molecule has 1 fully saturated rings. The molecular formula is C12H18O5. The number of carbonyl (C=O) groups is 2. The third kappa shape index (κ3) is 4.66. The molecule has 5 heteroatoms. The van der Waals surface area contributed by atoms with Crippen LogP contribution in [0.25, 0.3) is 0 Å². The van der Waals surface area contributed by atoms with Gasteiger partial charge in [-0.1, -0.05) is 6.58 Å². The molecule has 1 saturated heterocycles.